The van der Waals surface area contributed by atoms with Gasteiger partial charge in [-0.25, -0.2) is 0 Å². The number of ether oxygens (including phenoxy) is 2. The molecular formula is C16H19N7O4. The highest BCUT2D eigenvalue weighted by molar-refractivity contribution is 5.87. The predicted octanol–water partition coefficient (Wildman–Crippen LogP) is 1.69. The van der Waals surface area contributed by atoms with Gasteiger partial charge in [-0.15, -0.1) is 0 Å². The Morgan fingerprint density at radius 1 is 1.15 bits per heavy atom. The summed E-state index contributed by atoms with van der Waals surface area (Å²) in [7, 11) is 7.39. The average molecular weight is 373 g/mol. The normalized spacial score (nSPS) is 12.3. The standard InChI is InChI=1S/C16H19N7O4/c1-21(2)15-7-14(18-16(19-15)22(3)4)20-17-8-10-5-12-13(27-9-26-12)6-11(10)23(24)25/h5-8H,9H2,1-4H3,(H,18,19,20)/b17-8+. The van der Waals surface area contributed by atoms with Crippen LogP contribution in [0.15, 0.2) is 23.3 Å². The molecule has 1 aromatic carbocycles. The van der Waals surface area contributed by atoms with E-state index in [2.05, 4.69) is 20.5 Å². The third kappa shape index (κ3) is 3.97. The van der Waals surface area contributed by atoms with Gasteiger partial charge in [-0.05, 0) is 6.07 Å². The Bertz CT molecular complexity index is 872. The van der Waals surface area contributed by atoms with Gasteiger partial charge in [-0.3, -0.25) is 15.5 Å². The quantitative estimate of drug-likeness (QED) is 0.458. The van der Waals surface area contributed by atoms with Crippen molar-refractivity contribution >= 4 is 29.5 Å². The molecule has 2 aromatic rings. The van der Waals surface area contributed by atoms with Crippen molar-refractivity contribution in [2.45, 2.75) is 0 Å². The summed E-state index contributed by atoms with van der Waals surface area (Å²) < 4.78 is 10.4. The number of aromatic nitrogens is 2. The van der Waals surface area contributed by atoms with E-state index >= 15 is 0 Å². The first-order valence-corrected chi connectivity index (χ1v) is 7.96. The molecule has 0 aliphatic carbocycles. The zero-order valence-electron chi connectivity index (χ0n) is 15.3. The Balaban J connectivity index is 1.87. The molecule has 1 N–H and O–H groups in total. The van der Waals surface area contributed by atoms with Crippen LogP contribution in [0.5, 0.6) is 11.5 Å². The second kappa shape index (κ2) is 7.32. The number of nitrogens with zero attached hydrogens (tertiary/aromatic N) is 6. The molecule has 3 rings (SSSR count). The highest BCUT2D eigenvalue weighted by Gasteiger charge is 2.22. The van der Waals surface area contributed by atoms with E-state index in [-0.39, 0.29) is 18.0 Å². The monoisotopic (exact) mass is 373 g/mol. The molecule has 1 aliphatic rings. The fraction of sp³-hybridized carbons (Fsp3) is 0.312. The minimum absolute atomic E-state index is 0.0346. The van der Waals surface area contributed by atoms with Gasteiger partial charge in [-0.1, -0.05) is 0 Å². The van der Waals surface area contributed by atoms with Crippen LogP contribution < -0.4 is 24.7 Å². The third-order valence-corrected chi connectivity index (χ3v) is 3.66. The minimum atomic E-state index is -0.498. The van der Waals surface area contributed by atoms with Crippen molar-refractivity contribution in [2.24, 2.45) is 5.10 Å². The van der Waals surface area contributed by atoms with Crippen LogP contribution >= 0.6 is 0 Å². The van der Waals surface area contributed by atoms with Crippen molar-refractivity contribution in [3.05, 3.63) is 33.9 Å². The molecule has 0 saturated heterocycles. The maximum atomic E-state index is 11.3. The number of nitrogens with one attached hydrogen (secondary N) is 1. The fourth-order valence-electron chi connectivity index (χ4n) is 2.28. The molecule has 0 unspecified atom stereocenters. The van der Waals surface area contributed by atoms with Crippen LogP contribution in [0.25, 0.3) is 0 Å². The van der Waals surface area contributed by atoms with E-state index in [4.69, 9.17) is 9.47 Å². The highest BCUT2D eigenvalue weighted by atomic mass is 16.7. The second-order valence-corrected chi connectivity index (χ2v) is 6.09. The summed E-state index contributed by atoms with van der Waals surface area (Å²) in [6, 6.07) is 4.56. The number of benzene rings is 1. The molecule has 0 fully saturated rings. The zero-order chi connectivity index (χ0) is 19.6. The third-order valence-electron chi connectivity index (χ3n) is 3.66. The molecule has 11 nitrogen and oxygen atoms in total. The number of rotatable bonds is 6. The van der Waals surface area contributed by atoms with E-state index in [0.29, 0.717) is 29.1 Å². The van der Waals surface area contributed by atoms with Crippen LogP contribution in [0, 0.1) is 10.1 Å². The van der Waals surface area contributed by atoms with Gasteiger partial charge in [0.25, 0.3) is 5.69 Å². The van der Waals surface area contributed by atoms with Crippen LogP contribution in [-0.4, -0.2) is 56.1 Å². The smallest absolute Gasteiger partial charge is 0.282 e. The first-order chi connectivity index (χ1) is 12.8. The van der Waals surface area contributed by atoms with Gasteiger partial charge in [-0.2, -0.15) is 15.1 Å². The van der Waals surface area contributed by atoms with Crippen LogP contribution in [-0.2, 0) is 0 Å². The fourth-order valence-corrected chi connectivity index (χ4v) is 2.28. The Labute approximate surface area is 155 Å². The molecule has 0 spiro atoms. The molecule has 0 atom stereocenters. The summed E-state index contributed by atoms with van der Waals surface area (Å²) in [6.45, 7) is 0.0346. The van der Waals surface area contributed by atoms with E-state index in [1.165, 1.54) is 18.3 Å². The van der Waals surface area contributed by atoms with E-state index in [0.717, 1.165) is 0 Å². The van der Waals surface area contributed by atoms with Crippen LogP contribution in [0.4, 0.5) is 23.3 Å². The molecule has 142 valence electrons. The molecule has 11 heteroatoms. The van der Waals surface area contributed by atoms with Gasteiger partial charge >= 0.3 is 0 Å². The van der Waals surface area contributed by atoms with E-state index in [9.17, 15) is 10.1 Å². The first-order valence-electron chi connectivity index (χ1n) is 7.96. The maximum absolute atomic E-state index is 11.3. The second-order valence-electron chi connectivity index (χ2n) is 6.09. The maximum Gasteiger partial charge on any atom is 0.282 e. The van der Waals surface area contributed by atoms with E-state index in [1.807, 2.05) is 33.1 Å². The van der Waals surface area contributed by atoms with Crippen LogP contribution in [0.3, 0.4) is 0 Å². The topological polar surface area (TPSA) is 118 Å². The number of hydrazone groups is 1. The lowest BCUT2D eigenvalue weighted by Crippen LogP contribution is -2.17. The van der Waals surface area contributed by atoms with Gasteiger partial charge in [0, 0.05) is 34.3 Å². The number of hydrogen-bond donors (Lipinski definition) is 1. The number of hydrogen-bond acceptors (Lipinski definition) is 10. The SMILES string of the molecule is CN(C)c1cc(N/N=C/c2cc3c(cc2[N+](=O)[O-])OCO3)nc(N(C)C)n1. The van der Waals surface area contributed by atoms with Crippen molar-refractivity contribution in [3.8, 4) is 11.5 Å². The molecule has 27 heavy (non-hydrogen) atoms. The summed E-state index contributed by atoms with van der Waals surface area (Å²) in [6.07, 6.45) is 1.34. The number of nitro groups is 1. The Morgan fingerprint density at radius 3 is 2.48 bits per heavy atom. The van der Waals surface area contributed by atoms with Gasteiger partial charge in [0.05, 0.1) is 22.8 Å². The first kappa shape index (κ1) is 18.2. The van der Waals surface area contributed by atoms with Gasteiger partial charge in [0.2, 0.25) is 12.7 Å². The summed E-state index contributed by atoms with van der Waals surface area (Å²) in [5, 5.41) is 15.4. The van der Waals surface area contributed by atoms with Gasteiger partial charge in [0.1, 0.15) is 5.82 Å². The molecule has 0 saturated carbocycles. The molecule has 2 heterocycles. The summed E-state index contributed by atoms with van der Waals surface area (Å²) in [5.74, 6) is 2.44. The van der Waals surface area contributed by atoms with E-state index in [1.54, 1.807) is 11.0 Å². The highest BCUT2D eigenvalue weighted by Crippen LogP contribution is 2.37. The lowest BCUT2D eigenvalue weighted by molar-refractivity contribution is -0.385. The van der Waals surface area contributed by atoms with Crippen LogP contribution in [0.2, 0.25) is 0 Å². The number of fused-ring (bicyclic) bond motifs is 1. The van der Waals surface area contributed by atoms with Crippen molar-refractivity contribution in [2.75, 3.05) is 50.2 Å². The van der Waals surface area contributed by atoms with Crippen molar-refractivity contribution < 1.29 is 14.4 Å². The number of anilines is 3. The zero-order valence-corrected chi connectivity index (χ0v) is 15.3. The summed E-state index contributed by atoms with van der Waals surface area (Å²) in [5.41, 5.74) is 2.94. The van der Waals surface area contributed by atoms with Gasteiger partial charge in [0.15, 0.2) is 17.3 Å². The lowest BCUT2D eigenvalue weighted by Gasteiger charge is -2.16. The molecule has 0 amide bonds. The Hall–Kier alpha value is -3.63. The van der Waals surface area contributed by atoms with E-state index < -0.39 is 4.92 Å². The summed E-state index contributed by atoms with van der Waals surface area (Å²) in [4.78, 5) is 23.2. The van der Waals surface area contributed by atoms with Crippen LogP contribution in [0.1, 0.15) is 5.56 Å². The predicted molar refractivity (Wildman–Crippen MR) is 101 cm³/mol. The van der Waals surface area contributed by atoms with Gasteiger partial charge < -0.3 is 19.3 Å². The number of nitro benzene ring substituents is 1. The largest absolute Gasteiger partial charge is 0.454 e. The summed E-state index contributed by atoms with van der Waals surface area (Å²) >= 11 is 0. The molecule has 1 aliphatic heterocycles. The molecule has 0 bridgehead atoms. The Morgan fingerprint density at radius 2 is 1.85 bits per heavy atom. The van der Waals surface area contributed by atoms with Crippen molar-refractivity contribution in [3.63, 3.8) is 0 Å². The molecular weight excluding hydrogens is 354 g/mol. The average Bonchev–Trinajstić information content (AvgIpc) is 3.08. The van der Waals surface area contributed by atoms with Crippen molar-refractivity contribution in [1.29, 1.82) is 0 Å². The molecule has 1 aromatic heterocycles. The lowest BCUT2D eigenvalue weighted by atomic mass is 10.1. The minimum Gasteiger partial charge on any atom is -0.454 e. The Kier molecular flexibility index (Phi) is 4.92. The molecule has 0 radical (unpaired) electrons. The van der Waals surface area contributed by atoms with Crippen molar-refractivity contribution in [1.82, 2.24) is 9.97 Å².